The molecule has 0 aliphatic carbocycles. The fourth-order valence-corrected chi connectivity index (χ4v) is 2.16. The van der Waals surface area contributed by atoms with Crippen molar-refractivity contribution >= 4 is 11.7 Å². The van der Waals surface area contributed by atoms with E-state index in [0.717, 1.165) is 25.2 Å². The number of nitrogens with zero attached hydrogens (tertiary/aromatic N) is 2. The van der Waals surface area contributed by atoms with E-state index < -0.39 is 5.60 Å². The Labute approximate surface area is 101 Å². The van der Waals surface area contributed by atoms with Gasteiger partial charge in [0.25, 0.3) is 0 Å². The predicted molar refractivity (Wildman–Crippen MR) is 67.3 cm³/mol. The number of nitrogens with one attached hydrogen (secondary N) is 1. The number of nitrogen functional groups attached to an aromatic ring is 1. The molecule has 92 valence electrons. The van der Waals surface area contributed by atoms with Crippen LogP contribution in [0.5, 0.6) is 0 Å². The van der Waals surface area contributed by atoms with Gasteiger partial charge in [0, 0.05) is 13.1 Å². The van der Waals surface area contributed by atoms with E-state index in [1.54, 1.807) is 6.07 Å². The van der Waals surface area contributed by atoms with E-state index in [1.165, 1.54) is 0 Å². The predicted octanol–water partition coefficient (Wildman–Crippen LogP) is 0.717. The number of rotatable bonds is 2. The molecule has 1 aliphatic rings. The number of pyridine rings is 1. The summed E-state index contributed by atoms with van der Waals surface area (Å²) in [5, 5.41) is 17.4. The van der Waals surface area contributed by atoms with Crippen molar-refractivity contribution in [3.63, 3.8) is 0 Å². The first kappa shape index (κ1) is 11.9. The molecule has 0 radical (unpaired) electrons. The summed E-state index contributed by atoms with van der Waals surface area (Å²) in [6, 6.07) is 5.43. The lowest BCUT2D eigenvalue weighted by molar-refractivity contribution is 0.0447. The maximum atomic E-state index is 10.0. The normalized spacial score (nSPS) is 24.7. The van der Waals surface area contributed by atoms with Gasteiger partial charge in [-0.05, 0) is 31.9 Å². The number of nitrogens with two attached hydrogens (primary N) is 1. The summed E-state index contributed by atoms with van der Waals surface area (Å²) < 4.78 is 0. The molecule has 1 saturated heterocycles. The van der Waals surface area contributed by atoms with E-state index in [2.05, 4.69) is 4.98 Å². The second-order valence-electron chi connectivity index (χ2n) is 4.82. The number of amidine groups is 1. The van der Waals surface area contributed by atoms with E-state index in [0.29, 0.717) is 12.2 Å². The average molecular weight is 234 g/mol. The smallest absolute Gasteiger partial charge is 0.141 e. The van der Waals surface area contributed by atoms with Gasteiger partial charge >= 0.3 is 0 Å². The van der Waals surface area contributed by atoms with Crippen LogP contribution in [0.1, 0.15) is 25.5 Å². The first-order valence-electron chi connectivity index (χ1n) is 5.77. The lowest BCUT2D eigenvalue weighted by Crippen LogP contribution is -2.46. The van der Waals surface area contributed by atoms with E-state index in [-0.39, 0.29) is 5.84 Å². The zero-order valence-electron chi connectivity index (χ0n) is 9.98. The van der Waals surface area contributed by atoms with Crippen molar-refractivity contribution in [2.75, 3.05) is 18.0 Å². The zero-order valence-corrected chi connectivity index (χ0v) is 9.98. The van der Waals surface area contributed by atoms with Crippen LogP contribution in [0.2, 0.25) is 0 Å². The molecule has 5 nitrogen and oxygen atoms in total. The Hall–Kier alpha value is -1.62. The van der Waals surface area contributed by atoms with Gasteiger partial charge in [-0.3, -0.25) is 5.41 Å². The molecule has 5 heteroatoms. The standard InChI is InChI=1S/C12H18N4O/c1-12(17)6-3-7-16(8-12)10-5-2-4-9(15-10)11(13)14/h2,4-5,17H,3,6-8H2,1H3,(H3,13,14). The molecule has 1 atom stereocenters. The molecular formula is C12H18N4O. The minimum absolute atomic E-state index is 0.0318. The van der Waals surface area contributed by atoms with Gasteiger partial charge in [0.2, 0.25) is 0 Å². The molecule has 1 fully saturated rings. The molecule has 0 saturated carbocycles. The third-order valence-corrected chi connectivity index (χ3v) is 3.01. The molecule has 4 N–H and O–H groups in total. The third-order valence-electron chi connectivity index (χ3n) is 3.01. The summed E-state index contributed by atoms with van der Waals surface area (Å²) in [7, 11) is 0. The SMILES string of the molecule is CC1(O)CCCN(c2cccc(C(=N)N)n2)C1. The molecule has 0 aromatic carbocycles. The Kier molecular flexibility index (Phi) is 3.02. The van der Waals surface area contributed by atoms with Gasteiger partial charge in [-0.1, -0.05) is 6.07 Å². The van der Waals surface area contributed by atoms with E-state index in [9.17, 15) is 5.11 Å². The highest BCUT2D eigenvalue weighted by Crippen LogP contribution is 2.24. The van der Waals surface area contributed by atoms with E-state index in [4.69, 9.17) is 11.1 Å². The number of hydrogen-bond acceptors (Lipinski definition) is 4. The molecule has 17 heavy (non-hydrogen) atoms. The molecule has 0 amide bonds. The average Bonchev–Trinajstić information content (AvgIpc) is 2.28. The van der Waals surface area contributed by atoms with Crippen LogP contribution in [0.3, 0.4) is 0 Å². The second-order valence-corrected chi connectivity index (χ2v) is 4.82. The van der Waals surface area contributed by atoms with Crippen LogP contribution in [0.25, 0.3) is 0 Å². The number of piperidine rings is 1. The van der Waals surface area contributed by atoms with Crippen molar-refractivity contribution in [1.82, 2.24) is 4.98 Å². The Morgan fingerprint density at radius 1 is 1.59 bits per heavy atom. The summed E-state index contributed by atoms with van der Waals surface area (Å²) in [5.74, 6) is 0.744. The quantitative estimate of drug-likeness (QED) is 0.520. The van der Waals surface area contributed by atoms with Crippen molar-refractivity contribution in [1.29, 1.82) is 5.41 Å². The van der Waals surface area contributed by atoms with Gasteiger partial charge in [0.05, 0.1) is 5.60 Å². The Bertz CT molecular complexity index is 430. The molecule has 2 rings (SSSR count). The van der Waals surface area contributed by atoms with Crippen LogP contribution < -0.4 is 10.6 Å². The topological polar surface area (TPSA) is 86.2 Å². The van der Waals surface area contributed by atoms with E-state index in [1.807, 2.05) is 24.0 Å². The Balaban J connectivity index is 2.22. The third kappa shape index (κ3) is 2.74. The fourth-order valence-electron chi connectivity index (χ4n) is 2.16. The molecule has 0 bridgehead atoms. The van der Waals surface area contributed by atoms with Crippen LogP contribution in [0.15, 0.2) is 18.2 Å². The number of aromatic nitrogens is 1. The highest BCUT2D eigenvalue weighted by atomic mass is 16.3. The molecule has 1 unspecified atom stereocenters. The fraction of sp³-hybridized carbons (Fsp3) is 0.500. The van der Waals surface area contributed by atoms with Crippen molar-refractivity contribution in [2.45, 2.75) is 25.4 Å². The minimum atomic E-state index is -0.661. The van der Waals surface area contributed by atoms with Crippen LogP contribution in [0.4, 0.5) is 5.82 Å². The highest BCUT2D eigenvalue weighted by molar-refractivity contribution is 5.93. The van der Waals surface area contributed by atoms with Crippen molar-refractivity contribution in [3.05, 3.63) is 23.9 Å². The first-order valence-corrected chi connectivity index (χ1v) is 5.77. The summed E-state index contributed by atoms with van der Waals surface area (Å²) in [6.45, 7) is 3.29. The van der Waals surface area contributed by atoms with Gasteiger partial charge in [-0.25, -0.2) is 4.98 Å². The van der Waals surface area contributed by atoms with Gasteiger partial charge in [-0.15, -0.1) is 0 Å². The molecule has 1 aliphatic heterocycles. The van der Waals surface area contributed by atoms with Crippen LogP contribution in [-0.4, -0.2) is 34.6 Å². The van der Waals surface area contributed by atoms with Crippen LogP contribution in [-0.2, 0) is 0 Å². The molecular weight excluding hydrogens is 216 g/mol. The maximum Gasteiger partial charge on any atom is 0.141 e. The summed E-state index contributed by atoms with van der Waals surface area (Å²) in [6.07, 6.45) is 1.76. The minimum Gasteiger partial charge on any atom is -0.388 e. The Morgan fingerprint density at radius 3 is 3.00 bits per heavy atom. The number of β-amino-alcohol motifs (C(OH)–C–C–N with tert-alkyl or cyclic N) is 1. The largest absolute Gasteiger partial charge is 0.388 e. The van der Waals surface area contributed by atoms with Gasteiger partial charge in [-0.2, -0.15) is 0 Å². The highest BCUT2D eigenvalue weighted by Gasteiger charge is 2.29. The van der Waals surface area contributed by atoms with Crippen LogP contribution in [0, 0.1) is 5.41 Å². The van der Waals surface area contributed by atoms with Crippen molar-refractivity contribution in [2.24, 2.45) is 5.73 Å². The first-order chi connectivity index (χ1) is 7.98. The summed E-state index contributed by atoms with van der Waals surface area (Å²) in [4.78, 5) is 6.36. The maximum absolute atomic E-state index is 10.0. The number of anilines is 1. The summed E-state index contributed by atoms with van der Waals surface area (Å²) >= 11 is 0. The monoisotopic (exact) mass is 234 g/mol. The van der Waals surface area contributed by atoms with Crippen molar-refractivity contribution < 1.29 is 5.11 Å². The van der Waals surface area contributed by atoms with E-state index >= 15 is 0 Å². The Morgan fingerprint density at radius 2 is 2.35 bits per heavy atom. The van der Waals surface area contributed by atoms with Gasteiger partial charge < -0.3 is 15.7 Å². The zero-order chi connectivity index (χ0) is 12.5. The lowest BCUT2D eigenvalue weighted by atomic mass is 9.95. The van der Waals surface area contributed by atoms with Crippen molar-refractivity contribution in [3.8, 4) is 0 Å². The molecule has 1 aromatic heterocycles. The van der Waals surface area contributed by atoms with Gasteiger partial charge in [0.15, 0.2) is 0 Å². The van der Waals surface area contributed by atoms with Gasteiger partial charge in [0.1, 0.15) is 17.3 Å². The lowest BCUT2D eigenvalue weighted by Gasteiger charge is -2.37. The molecule has 2 heterocycles. The molecule has 0 spiro atoms. The number of aliphatic hydroxyl groups is 1. The second kappa shape index (κ2) is 4.33. The molecule has 1 aromatic rings. The number of hydrogen-bond donors (Lipinski definition) is 3. The summed E-state index contributed by atoms with van der Waals surface area (Å²) in [5.41, 5.74) is 5.24. The van der Waals surface area contributed by atoms with Crippen LogP contribution >= 0.6 is 0 Å².